The van der Waals surface area contributed by atoms with Gasteiger partial charge >= 0.3 is 0 Å². The van der Waals surface area contributed by atoms with Gasteiger partial charge in [0.15, 0.2) is 0 Å². The van der Waals surface area contributed by atoms with Gasteiger partial charge in [-0.2, -0.15) is 0 Å². The zero-order chi connectivity index (χ0) is 14.5. The van der Waals surface area contributed by atoms with Gasteiger partial charge in [0.25, 0.3) is 11.4 Å². The van der Waals surface area contributed by atoms with Crippen molar-refractivity contribution in [2.45, 2.75) is 12.8 Å². The van der Waals surface area contributed by atoms with Crippen LogP contribution in [0.25, 0.3) is 0 Å². The van der Waals surface area contributed by atoms with Crippen LogP contribution in [-0.4, -0.2) is 29.6 Å². The first-order chi connectivity index (χ1) is 9.58. The van der Waals surface area contributed by atoms with Crippen LogP contribution < -0.4 is 5.32 Å². The molecule has 0 unspecified atom stereocenters. The van der Waals surface area contributed by atoms with Crippen molar-refractivity contribution in [2.75, 3.05) is 25.1 Å². The van der Waals surface area contributed by atoms with Crippen molar-refractivity contribution < 1.29 is 14.6 Å². The third kappa shape index (κ3) is 3.41. The summed E-state index contributed by atoms with van der Waals surface area (Å²) in [7, 11) is 0. The van der Waals surface area contributed by atoms with Gasteiger partial charge in [-0.25, -0.2) is 0 Å². The summed E-state index contributed by atoms with van der Waals surface area (Å²) < 4.78 is 5.24. The Morgan fingerprint density at radius 2 is 1.90 bits per heavy atom. The number of nitrogens with zero attached hydrogens (tertiary/aromatic N) is 2. The Bertz CT molecular complexity index is 514. The summed E-state index contributed by atoms with van der Waals surface area (Å²) >= 11 is 0. The van der Waals surface area contributed by atoms with Crippen LogP contribution in [0.2, 0.25) is 0 Å². The zero-order valence-electron chi connectivity index (χ0n) is 10.8. The van der Waals surface area contributed by atoms with E-state index in [1.807, 2.05) is 0 Å². The van der Waals surface area contributed by atoms with Crippen LogP contribution in [0.3, 0.4) is 0 Å². The molecule has 2 rings (SSSR count). The molecule has 1 heterocycles. The highest BCUT2D eigenvalue weighted by Crippen LogP contribution is 2.29. The highest BCUT2D eigenvalue weighted by atomic mass is 16.6. The van der Waals surface area contributed by atoms with E-state index in [2.05, 4.69) is 5.32 Å². The molecule has 0 amide bonds. The van der Waals surface area contributed by atoms with Crippen LogP contribution >= 0.6 is 0 Å². The molecule has 1 saturated heterocycles. The molecule has 0 bridgehead atoms. The summed E-state index contributed by atoms with van der Waals surface area (Å²) in [5, 5.41) is 24.6. The molecule has 1 fully saturated rings. The van der Waals surface area contributed by atoms with Crippen molar-refractivity contribution >= 4 is 17.1 Å². The minimum atomic E-state index is -0.644. The van der Waals surface area contributed by atoms with E-state index in [-0.39, 0.29) is 11.4 Å². The molecule has 0 spiro atoms. The average Bonchev–Trinajstić information content (AvgIpc) is 2.45. The SMILES string of the molecule is O=[N+]([O-])c1ccc(NCC2CCOCC2)c([N+](=O)[O-])c1. The van der Waals surface area contributed by atoms with Crippen molar-refractivity contribution in [3.05, 3.63) is 38.4 Å². The zero-order valence-corrected chi connectivity index (χ0v) is 10.8. The molecule has 8 nitrogen and oxygen atoms in total. The molecule has 0 atom stereocenters. The first-order valence-corrected chi connectivity index (χ1v) is 6.32. The quantitative estimate of drug-likeness (QED) is 0.655. The lowest BCUT2D eigenvalue weighted by Crippen LogP contribution is -2.22. The van der Waals surface area contributed by atoms with Crippen LogP contribution in [0.15, 0.2) is 18.2 Å². The van der Waals surface area contributed by atoms with Crippen molar-refractivity contribution in [2.24, 2.45) is 5.92 Å². The maximum atomic E-state index is 11.0. The largest absolute Gasteiger partial charge is 0.381 e. The number of nitro groups is 2. The Hall–Kier alpha value is -2.22. The number of non-ortho nitro benzene ring substituents is 1. The molecular weight excluding hydrogens is 266 g/mol. The molecule has 1 aromatic carbocycles. The third-order valence-corrected chi connectivity index (χ3v) is 3.31. The fraction of sp³-hybridized carbons (Fsp3) is 0.500. The number of benzene rings is 1. The van der Waals surface area contributed by atoms with Crippen LogP contribution in [-0.2, 0) is 4.74 Å². The van der Waals surface area contributed by atoms with E-state index in [4.69, 9.17) is 4.74 Å². The van der Waals surface area contributed by atoms with E-state index in [0.717, 1.165) is 18.9 Å². The molecule has 1 N–H and O–H groups in total. The Morgan fingerprint density at radius 3 is 2.50 bits per heavy atom. The molecule has 20 heavy (non-hydrogen) atoms. The van der Waals surface area contributed by atoms with Crippen molar-refractivity contribution in [1.29, 1.82) is 0 Å². The Morgan fingerprint density at radius 1 is 1.20 bits per heavy atom. The molecule has 0 aromatic heterocycles. The minimum Gasteiger partial charge on any atom is -0.381 e. The standard InChI is InChI=1S/C12H15N3O5/c16-14(17)10-1-2-11(12(7-10)15(18)19)13-8-9-3-5-20-6-4-9/h1-2,7,9,13H,3-6,8H2. The van der Waals surface area contributed by atoms with E-state index in [1.54, 1.807) is 0 Å². The molecule has 1 aromatic rings. The normalized spacial score (nSPS) is 15.8. The van der Waals surface area contributed by atoms with Crippen molar-refractivity contribution in [1.82, 2.24) is 0 Å². The molecule has 108 valence electrons. The number of hydrogen-bond donors (Lipinski definition) is 1. The first kappa shape index (κ1) is 14.2. The summed E-state index contributed by atoms with van der Waals surface area (Å²) in [4.78, 5) is 20.4. The van der Waals surface area contributed by atoms with Gasteiger partial charge in [-0.05, 0) is 24.8 Å². The van der Waals surface area contributed by atoms with Gasteiger partial charge in [0, 0.05) is 25.8 Å². The van der Waals surface area contributed by atoms with Crippen LogP contribution in [0.4, 0.5) is 17.1 Å². The second kappa shape index (κ2) is 6.29. The van der Waals surface area contributed by atoms with Gasteiger partial charge in [-0.1, -0.05) is 0 Å². The number of anilines is 1. The lowest BCUT2D eigenvalue weighted by molar-refractivity contribution is -0.393. The van der Waals surface area contributed by atoms with E-state index >= 15 is 0 Å². The van der Waals surface area contributed by atoms with Crippen LogP contribution in [0.1, 0.15) is 12.8 Å². The maximum absolute atomic E-state index is 11.0. The van der Waals surface area contributed by atoms with E-state index in [0.29, 0.717) is 31.4 Å². The summed E-state index contributed by atoms with van der Waals surface area (Å²) in [5.41, 5.74) is -0.244. The fourth-order valence-corrected chi connectivity index (χ4v) is 2.14. The topological polar surface area (TPSA) is 108 Å². The minimum absolute atomic E-state index is 0.272. The predicted octanol–water partition coefficient (Wildman–Crippen LogP) is 2.34. The van der Waals surface area contributed by atoms with Gasteiger partial charge in [-0.15, -0.1) is 0 Å². The second-order valence-corrected chi connectivity index (χ2v) is 4.65. The van der Waals surface area contributed by atoms with Gasteiger partial charge in [0.1, 0.15) is 5.69 Å². The van der Waals surface area contributed by atoms with E-state index in [1.165, 1.54) is 12.1 Å². The second-order valence-electron chi connectivity index (χ2n) is 4.65. The lowest BCUT2D eigenvalue weighted by Gasteiger charge is -2.22. The number of hydrogen-bond acceptors (Lipinski definition) is 6. The highest BCUT2D eigenvalue weighted by Gasteiger charge is 2.20. The number of ether oxygens (including phenoxy) is 1. The smallest absolute Gasteiger partial charge is 0.299 e. The first-order valence-electron chi connectivity index (χ1n) is 6.32. The van der Waals surface area contributed by atoms with Crippen molar-refractivity contribution in [3.63, 3.8) is 0 Å². The maximum Gasteiger partial charge on any atom is 0.299 e. The van der Waals surface area contributed by atoms with Crippen LogP contribution in [0.5, 0.6) is 0 Å². The van der Waals surface area contributed by atoms with Crippen molar-refractivity contribution in [3.8, 4) is 0 Å². The van der Waals surface area contributed by atoms with Gasteiger partial charge in [-0.3, -0.25) is 20.2 Å². The number of rotatable bonds is 5. The molecule has 0 aliphatic carbocycles. The molecule has 1 aliphatic heterocycles. The summed E-state index contributed by atoms with van der Waals surface area (Å²) in [5.74, 6) is 0.401. The molecule has 8 heteroatoms. The predicted molar refractivity (Wildman–Crippen MR) is 71.8 cm³/mol. The Balaban J connectivity index is 2.09. The van der Waals surface area contributed by atoms with E-state index < -0.39 is 9.85 Å². The summed E-state index contributed by atoms with van der Waals surface area (Å²) in [6, 6.07) is 3.63. The molecule has 0 radical (unpaired) electrons. The molecule has 0 saturated carbocycles. The third-order valence-electron chi connectivity index (χ3n) is 3.31. The molecular formula is C12H15N3O5. The fourth-order valence-electron chi connectivity index (χ4n) is 2.14. The average molecular weight is 281 g/mol. The molecule has 1 aliphatic rings. The number of nitrogens with one attached hydrogen (secondary N) is 1. The lowest BCUT2D eigenvalue weighted by atomic mass is 10.0. The van der Waals surface area contributed by atoms with Gasteiger partial charge in [0.05, 0.1) is 15.9 Å². The Labute approximate surface area is 115 Å². The summed E-state index contributed by atoms with van der Waals surface area (Å²) in [6.07, 6.45) is 1.82. The summed E-state index contributed by atoms with van der Waals surface area (Å²) in [6.45, 7) is 2.01. The monoisotopic (exact) mass is 281 g/mol. The van der Waals surface area contributed by atoms with Crippen LogP contribution in [0, 0.1) is 26.1 Å². The highest BCUT2D eigenvalue weighted by molar-refractivity contribution is 5.65. The van der Waals surface area contributed by atoms with E-state index in [9.17, 15) is 20.2 Å². The number of nitro benzene ring substituents is 2. The van der Waals surface area contributed by atoms with Gasteiger partial charge < -0.3 is 10.1 Å². The van der Waals surface area contributed by atoms with Gasteiger partial charge in [0.2, 0.25) is 0 Å². The Kier molecular flexibility index (Phi) is 4.46.